The van der Waals surface area contributed by atoms with Crippen LogP contribution in [0, 0.1) is 10.7 Å². The van der Waals surface area contributed by atoms with Crippen molar-refractivity contribution >= 4 is 23.7 Å². The Morgan fingerprint density at radius 2 is 1.75 bits per heavy atom. The van der Waals surface area contributed by atoms with Crippen molar-refractivity contribution in [1.82, 2.24) is 0 Å². The van der Waals surface area contributed by atoms with Crippen molar-refractivity contribution in [3.63, 3.8) is 0 Å². The standard InChI is InChI=1S/C6H7NO4S/c1-10-5(8)4(12-3-7)6(9)11-2/h4H,1-2H3. The number of carbonyl (C=O) groups excluding carboxylic acids is 2. The molecule has 0 N–H and O–H groups in total. The lowest BCUT2D eigenvalue weighted by atomic mass is 10.4. The zero-order valence-corrected chi connectivity index (χ0v) is 7.38. The first kappa shape index (κ1) is 10.8. The van der Waals surface area contributed by atoms with E-state index in [4.69, 9.17) is 5.26 Å². The molecule has 0 aromatic rings. The SMILES string of the molecule is COC(=O)C(SC#N)C(=O)OC. The van der Waals surface area contributed by atoms with Crippen LogP contribution in [0.15, 0.2) is 0 Å². The molecule has 0 spiro atoms. The van der Waals surface area contributed by atoms with E-state index in [1.54, 1.807) is 5.40 Å². The first-order valence-corrected chi connectivity index (χ1v) is 3.75. The van der Waals surface area contributed by atoms with E-state index in [9.17, 15) is 9.59 Å². The third kappa shape index (κ3) is 2.80. The highest BCUT2D eigenvalue weighted by atomic mass is 32.2. The topological polar surface area (TPSA) is 76.4 Å². The van der Waals surface area contributed by atoms with Gasteiger partial charge < -0.3 is 9.47 Å². The minimum Gasteiger partial charge on any atom is -0.468 e. The number of hydrogen-bond acceptors (Lipinski definition) is 6. The van der Waals surface area contributed by atoms with Crippen LogP contribution in [0.3, 0.4) is 0 Å². The van der Waals surface area contributed by atoms with Crippen molar-refractivity contribution in [2.24, 2.45) is 0 Å². The third-order valence-electron chi connectivity index (χ3n) is 1.00. The minimum absolute atomic E-state index is 0.498. The van der Waals surface area contributed by atoms with Gasteiger partial charge in [0.1, 0.15) is 5.40 Å². The maximum Gasteiger partial charge on any atom is 0.331 e. The van der Waals surface area contributed by atoms with Crippen LogP contribution in [0.1, 0.15) is 0 Å². The monoisotopic (exact) mass is 189 g/mol. The molecule has 0 aromatic carbocycles. The van der Waals surface area contributed by atoms with Crippen molar-refractivity contribution in [3.8, 4) is 5.40 Å². The van der Waals surface area contributed by atoms with E-state index in [2.05, 4.69) is 9.47 Å². The van der Waals surface area contributed by atoms with Gasteiger partial charge in [0.25, 0.3) is 0 Å². The lowest BCUT2D eigenvalue weighted by Gasteiger charge is -2.06. The number of thioether (sulfide) groups is 1. The molecular formula is C6H7NO4S. The van der Waals surface area contributed by atoms with Crippen LogP contribution in [0.2, 0.25) is 0 Å². The molecule has 0 aliphatic carbocycles. The van der Waals surface area contributed by atoms with E-state index in [-0.39, 0.29) is 0 Å². The maximum atomic E-state index is 10.8. The predicted molar refractivity (Wildman–Crippen MR) is 41.0 cm³/mol. The summed E-state index contributed by atoms with van der Waals surface area (Å²) in [6.07, 6.45) is 0. The van der Waals surface area contributed by atoms with Gasteiger partial charge in [-0.05, 0) is 11.8 Å². The lowest BCUT2D eigenvalue weighted by molar-refractivity contribution is -0.150. The average molecular weight is 189 g/mol. The van der Waals surface area contributed by atoms with Crippen molar-refractivity contribution in [2.45, 2.75) is 5.25 Å². The summed E-state index contributed by atoms with van der Waals surface area (Å²) in [5, 5.41) is 8.63. The minimum atomic E-state index is -1.20. The number of rotatable bonds is 3. The highest BCUT2D eigenvalue weighted by Gasteiger charge is 2.29. The molecule has 0 atom stereocenters. The van der Waals surface area contributed by atoms with Crippen molar-refractivity contribution in [3.05, 3.63) is 0 Å². The van der Waals surface area contributed by atoms with Gasteiger partial charge in [-0.15, -0.1) is 0 Å². The largest absolute Gasteiger partial charge is 0.468 e. The Morgan fingerprint density at radius 1 is 1.33 bits per heavy atom. The Kier molecular flexibility index (Phi) is 4.88. The number of hydrogen-bond donors (Lipinski definition) is 0. The van der Waals surface area contributed by atoms with Gasteiger partial charge in [0.15, 0.2) is 0 Å². The number of thiocyanates is 1. The summed E-state index contributed by atoms with van der Waals surface area (Å²) in [5.41, 5.74) is 0. The van der Waals surface area contributed by atoms with Crippen LogP contribution in [0.25, 0.3) is 0 Å². The Morgan fingerprint density at radius 3 is 2.00 bits per heavy atom. The molecule has 0 heterocycles. The van der Waals surface area contributed by atoms with Gasteiger partial charge in [-0.25, -0.2) is 0 Å². The maximum absolute atomic E-state index is 10.8. The summed E-state index contributed by atoms with van der Waals surface area (Å²) in [7, 11) is 2.27. The molecule has 0 bridgehead atoms. The fraction of sp³-hybridized carbons (Fsp3) is 0.500. The van der Waals surface area contributed by atoms with Gasteiger partial charge in [-0.3, -0.25) is 9.59 Å². The zero-order valence-electron chi connectivity index (χ0n) is 6.57. The molecule has 0 fully saturated rings. The molecule has 0 radical (unpaired) electrons. The van der Waals surface area contributed by atoms with Gasteiger partial charge in [-0.1, -0.05) is 0 Å². The van der Waals surface area contributed by atoms with Crippen LogP contribution in [-0.4, -0.2) is 31.4 Å². The van der Waals surface area contributed by atoms with Crippen molar-refractivity contribution in [1.29, 1.82) is 5.26 Å². The smallest absolute Gasteiger partial charge is 0.331 e. The number of nitriles is 1. The molecule has 6 heteroatoms. The van der Waals surface area contributed by atoms with E-state index < -0.39 is 17.2 Å². The fourth-order valence-electron chi connectivity index (χ4n) is 0.459. The Labute approximate surface area is 73.6 Å². The number of methoxy groups -OCH3 is 2. The molecule has 0 amide bonds. The molecule has 0 saturated carbocycles. The van der Waals surface area contributed by atoms with Gasteiger partial charge >= 0.3 is 11.9 Å². The first-order chi connectivity index (χ1) is 5.67. The number of carbonyl (C=O) groups is 2. The molecule has 66 valence electrons. The Balaban J connectivity index is 4.34. The molecular weight excluding hydrogens is 182 g/mol. The van der Waals surface area contributed by atoms with E-state index in [1.807, 2.05) is 0 Å². The normalized spacial score (nSPS) is 8.83. The Hall–Kier alpha value is -1.22. The third-order valence-corrected chi connectivity index (χ3v) is 1.73. The summed E-state index contributed by atoms with van der Waals surface area (Å²) in [4.78, 5) is 21.6. The fourth-order valence-corrected chi connectivity index (χ4v) is 0.950. The summed E-state index contributed by atoms with van der Waals surface area (Å²) in [5.74, 6) is -1.57. The number of esters is 2. The molecule has 5 nitrogen and oxygen atoms in total. The predicted octanol–water partition coefficient (Wildman–Crippen LogP) is -0.0847. The quantitative estimate of drug-likeness (QED) is 0.351. The van der Waals surface area contributed by atoms with Crippen LogP contribution in [0.4, 0.5) is 0 Å². The molecule has 0 rings (SSSR count). The van der Waals surface area contributed by atoms with E-state index >= 15 is 0 Å². The van der Waals surface area contributed by atoms with Crippen LogP contribution in [0.5, 0.6) is 0 Å². The second-order valence-corrected chi connectivity index (χ2v) is 2.53. The van der Waals surface area contributed by atoms with E-state index in [1.165, 1.54) is 0 Å². The molecule has 0 unspecified atom stereocenters. The summed E-state index contributed by atoms with van der Waals surface area (Å²) < 4.78 is 8.55. The molecule has 0 aromatic heterocycles. The van der Waals surface area contributed by atoms with Crippen molar-refractivity contribution in [2.75, 3.05) is 14.2 Å². The molecule has 0 saturated heterocycles. The summed E-state index contributed by atoms with van der Waals surface area (Å²) >= 11 is 0.498. The first-order valence-electron chi connectivity index (χ1n) is 2.87. The zero-order chi connectivity index (χ0) is 9.56. The average Bonchev–Trinajstić information content (AvgIpc) is 2.11. The highest BCUT2D eigenvalue weighted by Crippen LogP contribution is 2.11. The second kappa shape index (κ2) is 5.43. The van der Waals surface area contributed by atoms with Crippen LogP contribution in [-0.2, 0) is 19.1 Å². The van der Waals surface area contributed by atoms with Gasteiger partial charge in [-0.2, -0.15) is 5.26 Å². The van der Waals surface area contributed by atoms with E-state index in [0.29, 0.717) is 11.8 Å². The second-order valence-electron chi connectivity index (χ2n) is 1.64. The van der Waals surface area contributed by atoms with Gasteiger partial charge in [0, 0.05) is 0 Å². The summed E-state index contributed by atoms with van der Waals surface area (Å²) in [6.45, 7) is 0. The number of ether oxygens (including phenoxy) is 2. The number of nitrogens with zero attached hydrogens (tertiary/aromatic N) is 1. The Bertz CT molecular complexity index is 206. The lowest BCUT2D eigenvalue weighted by Crippen LogP contribution is -2.28. The highest BCUT2D eigenvalue weighted by molar-refractivity contribution is 8.05. The van der Waals surface area contributed by atoms with Gasteiger partial charge in [0.05, 0.1) is 14.2 Å². The van der Waals surface area contributed by atoms with Crippen LogP contribution >= 0.6 is 11.8 Å². The van der Waals surface area contributed by atoms with Crippen molar-refractivity contribution < 1.29 is 19.1 Å². The van der Waals surface area contributed by atoms with Gasteiger partial charge in [0.2, 0.25) is 5.25 Å². The molecule has 0 aliphatic heterocycles. The van der Waals surface area contributed by atoms with E-state index in [0.717, 1.165) is 14.2 Å². The molecule has 12 heavy (non-hydrogen) atoms. The molecule has 0 aliphatic rings. The van der Waals surface area contributed by atoms with Crippen LogP contribution < -0.4 is 0 Å². The summed E-state index contributed by atoms with van der Waals surface area (Å²) in [6, 6.07) is 0.